The zero-order valence-electron chi connectivity index (χ0n) is 21.5. The standard InChI is InChI=1S/C28H34N4O5/c1-18(2)16-22(29)28(37)32(23(25(34)30-3)17-19-10-5-4-6-11-19)24(33)14-9-15-31-26(35)20-12-7-8-13-21(20)27(31)36/h4-8,10-13,18,22-23H,9,14-17,29H2,1-3H3,(H,30,34)/t22-,23-/m0/s1. The van der Waals surface area contributed by atoms with E-state index < -0.39 is 41.6 Å². The van der Waals surface area contributed by atoms with Crippen molar-refractivity contribution in [2.24, 2.45) is 11.7 Å². The Morgan fingerprint density at radius 3 is 2.05 bits per heavy atom. The molecule has 0 unspecified atom stereocenters. The number of nitrogens with one attached hydrogen (secondary N) is 1. The highest BCUT2D eigenvalue weighted by Crippen LogP contribution is 2.23. The summed E-state index contributed by atoms with van der Waals surface area (Å²) in [5, 5.41) is 2.55. The van der Waals surface area contributed by atoms with Crippen molar-refractivity contribution in [3.8, 4) is 0 Å². The second kappa shape index (κ2) is 12.4. The Bertz CT molecular complexity index is 1130. The number of imide groups is 2. The summed E-state index contributed by atoms with van der Waals surface area (Å²) in [6.45, 7) is 3.85. The minimum atomic E-state index is -1.09. The number of rotatable bonds is 11. The highest BCUT2D eigenvalue weighted by molar-refractivity contribution is 6.21. The summed E-state index contributed by atoms with van der Waals surface area (Å²) in [5.74, 6) is -2.39. The van der Waals surface area contributed by atoms with Gasteiger partial charge in [-0.05, 0) is 36.5 Å². The van der Waals surface area contributed by atoms with Gasteiger partial charge in [-0.25, -0.2) is 0 Å². The van der Waals surface area contributed by atoms with Crippen molar-refractivity contribution < 1.29 is 24.0 Å². The van der Waals surface area contributed by atoms with Gasteiger partial charge in [0.05, 0.1) is 17.2 Å². The summed E-state index contributed by atoms with van der Waals surface area (Å²) in [6.07, 6.45) is 0.476. The van der Waals surface area contributed by atoms with E-state index in [0.717, 1.165) is 15.4 Å². The van der Waals surface area contributed by atoms with Gasteiger partial charge in [-0.15, -0.1) is 0 Å². The zero-order chi connectivity index (χ0) is 27.1. The predicted octanol–water partition coefficient (Wildman–Crippen LogP) is 2.15. The quantitative estimate of drug-likeness (QED) is 0.449. The molecule has 3 N–H and O–H groups in total. The lowest BCUT2D eigenvalue weighted by atomic mass is 9.99. The number of benzene rings is 2. The molecule has 2 atom stereocenters. The number of hydrogen-bond acceptors (Lipinski definition) is 6. The van der Waals surface area contributed by atoms with Crippen LogP contribution in [0.2, 0.25) is 0 Å². The van der Waals surface area contributed by atoms with E-state index in [0.29, 0.717) is 17.5 Å². The molecule has 0 aliphatic carbocycles. The van der Waals surface area contributed by atoms with Crippen LogP contribution in [0.5, 0.6) is 0 Å². The molecule has 0 bridgehead atoms. The van der Waals surface area contributed by atoms with Crippen molar-refractivity contribution in [1.82, 2.24) is 15.1 Å². The first-order valence-electron chi connectivity index (χ1n) is 12.5. The number of hydrogen-bond donors (Lipinski definition) is 2. The summed E-state index contributed by atoms with van der Waals surface area (Å²) < 4.78 is 0. The smallest absolute Gasteiger partial charge is 0.261 e. The minimum Gasteiger partial charge on any atom is -0.357 e. The maximum atomic E-state index is 13.5. The van der Waals surface area contributed by atoms with Crippen molar-refractivity contribution in [3.05, 3.63) is 71.3 Å². The van der Waals surface area contributed by atoms with Crippen molar-refractivity contribution in [1.29, 1.82) is 0 Å². The summed E-state index contributed by atoms with van der Waals surface area (Å²) in [6, 6.07) is 13.6. The van der Waals surface area contributed by atoms with E-state index >= 15 is 0 Å². The maximum absolute atomic E-state index is 13.5. The van der Waals surface area contributed by atoms with Crippen LogP contribution in [0.3, 0.4) is 0 Å². The third-order valence-corrected chi connectivity index (χ3v) is 6.33. The van der Waals surface area contributed by atoms with Crippen molar-refractivity contribution in [2.45, 2.75) is 51.6 Å². The molecule has 0 saturated carbocycles. The van der Waals surface area contributed by atoms with Crippen molar-refractivity contribution >= 4 is 29.5 Å². The Morgan fingerprint density at radius 2 is 1.51 bits per heavy atom. The number of nitrogens with two attached hydrogens (primary N) is 1. The fourth-order valence-corrected chi connectivity index (χ4v) is 4.49. The topological polar surface area (TPSA) is 130 Å². The molecule has 0 aromatic heterocycles. The van der Waals surface area contributed by atoms with Crippen LogP contribution in [0, 0.1) is 5.92 Å². The normalized spacial score (nSPS) is 14.4. The highest BCUT2D eigenvalue weighted by Gasteiger charge is 2.38. The van der Waals surface area contributed by atoms with Crippen LogP contribution in [-0.2, 0) is 20.8 Å². The van der Waals surface area contributed by atoms with Gasteiger partial charge in [0, 0.05) is 26.4 Å². The number of likely N-dealkylation sites (N-methyl/N-ethyl adjacent to an activating group) is 1. The van der Waals surface area contributed by atoms with Gasteiger partial charge in [-0.2, -0.15) is 0 Å². The molecule has 1 heterocycles. The monoisotopic (exact) mass is 506 g/mol. The molecule has 196 valence electrons. The molecule has 37 heavy (non-hydrogen) atoms. The molecule has 1 aliphatic rings. The molecule has 0 fully saturated rings. The van der Waals surface area contributed by atoms with E-state index in [1.807, 2.05) is 44.2 Å². The summed E-state index contributed by atoms with van der Waals surface area (Å²) in [7, 11) is 1.45. The highest BCUT2D eigenvalue weighted by atomic mass is 16.2. The maximum Gasteiger partial charge on any atom is 0.261 e. The fourth-order valence-electron chi connectivity index (χ4n) is 4.49. The molecule has 0 saturated heterocycles. The predicted molar refractivity (Wildman–Crippen MR) is 138 cm³/mol. The number of amides is 5. The molecule has 2 aromatic rings. The lowest BCUT2D eigenvalue weighted by Crippen LogP contribution is -2.57. The van der Waals surface area contributed by atoms with Gasteiger partial charge < -0.3 is 11.1 Å². The Kier molecular flexibility index (Phi) is 9.30. The van der Waals surface area contributed by atoms with Crippen LogP contribution >= 0.6 is 0 Å². The van der Waals surface area contributed by atoms with E-state index in [2.05, 4.69) is 5.32 Å². The van der Waals surface area contributed by atoms with E-state index in [1.165, 1.54) is 7.05 Å². The second-order valence-electron chi connectivity index (χ2n) is 9.57. The molecule has 3 rings (SSSR count). The average Bonchev–Trinajstić information content (AvgIpc) is 3.13. The van der Waals surface area contributed by atoms with E-state index in [9.17, 15) is 24.0 Å². The lowest BCUT2D eigenvalue weighted by molar-refractivity contribution is -0.153. The van der Waals surface area contributed by atoms with E-state index in [4.69, 9.17) is 5.73 Å². The third kappa shape index (κ3) is 6.48. The fraction of sp³-hybridized carbons (Fsp3) is 0.393. The molecular formula is C28H34N4O5. The number of carbonyl (C=O) groups excluding carboxylic acids is 5. The third-order valence-electron chi connectivity index (χ3n) is 6.33. The van der Waals surface area contributed by atoms with Crippen LogP contribution in [-0.4, -0.2) is 65.0 Å². The van der Waals surface area contributed by atoms with Crippen molar-refractivity contribution in [2.75, 3.05) is 13.6 Å². The molecule has 0 radical (unpaired) electrons. The molecule has 5 amide bonds. The molecule has 0 spiro atoms. The SMILES string of the molecule is CNC(=O)[C@H](Cc1ccccc1)N(C(=O)CCCN1C(=O)c2ccccc2C1=O)C(=O)[C@@H](N)CC(C)C. The Labute approximate surface area is 217 Å². The molecule has 2 aromatic carbocycles. The van der Waals surface area contributed by atoms with Gasteiger partial charge >= 0.3 is 0 Å². The van der Waals surface area contributed by atoms with Crippen LogP contribution in [0.4, 0.5) is 0 Å². The second-order valence-corrected chi connectivity index (χ2v) is 9.57. The summed E-state index contributed by atoms with van der Waals surface area (Å²) in [4.78, 5) is 67.2. The first-order chi connectivity index (χ1) is 17.6. The first kappa shape index (κ1) is 27.7. The van der Waals surface area contributed by atoms with Gasteiger partial charge in [0.15, 0.2) is 0 Å². The molecular weight excluding hydrogens is 472 g/mol. The Hall–Kier alpha value is -3.85. The van der Waals surface area contributed by atoms with Crippen LogP contribution < -0.4 is 11.1 Å². The number of fused-ring (bicyclic) bond motifs is 1. The Morgan fingerprint density at radius 1 is 0.946 bits per heavy atom. The van der Waals surface area contributed by atoms with Crippen LogP contribution in [0.15, 0.2) is 54.6 Å². The van der Waals surface area contributed by atoms with Gasteiger partial charge in [-0.3, -0.25) is 33.8 Å². The van der Waals surface area contributed by atoms with Crippen molar-refractivity contribution in [3.63, 3.8) is 0 Å². The van der Waals surface area contributed by atoms with Gasteiger partial charge in [0.25, 0.3) is 11.8 Å². The Balaban J connectivity index is 1.79. The van der Waals surface area contributed by atoms with E-state index in [-0.39, 0.29) is 31.7 Å². The first-order valence-corrected chi connectivity index (χ1v) is 12.5. The van der Waals surface area contributed by atoms with Gasteiger partial charge in [-0.1, -0.05) is 56.3 Å². The molecule has 1 aliphatic heterocycles. The number of nitrogens with zero attached hydrogens (tertiary/aromatic N) is 2. The average molecular weight is 507 g/mol. The summed E-state index contributed by atoms with van der Waals surface area (Å²) in [5.41, 5.74) is 7.62. The zero-order valence-corrected chi connectivity index (χ0v) is 21.5. The molecule has 9 heteroatoms. The number of carbonyl (C=O) groups is 5. The van der Waals surface area contributed by atoms with Gasteiger partial charge in [0.1, 0.15) is 6.04 Å². The van der Waals surface area contributed by atoms with E-state index in [1.54, 1.807) is 24.3 Å². The van der Waals surface area contributed by atoms with Gasteiger partial charge in [0.2, 0.25) is 17.7 Å². The largest absolute Gasteiger partial charge is 0.357 e. The molecule has 9 nitrogen and oxygen atoms in total. The minimum absolute atomic E-state index is 0.0154. The summed E-state index contributed by atoms with van der Waals surface area (Å²) >= 11 is 0. The van der Waals surface area contributed by atoms with Crippen LogP contribution in [0.25, 0.3) is 0 Å². The lowest BCUT2D eigenvalue weighted by Gasteiger charge is -2.31. The van der Waals surface area contributed by atoms with Crippen LogP contribution in [0.1, 0.15) is 59.4 Å².